The Labute approximate surface area is 64.1 Å². The number of hydrogen-bond acceptors (Lipinski definition) is 3. The second kappa shape index (κ2) is 2.06. The van der Waals surface area contributed by atoms with Crippen LogP contribution in [0.2, 0.25) is 0 Å². The van der Waals surface area contributed by atoms with Crippen LogP contribution in [0.5, 0.6) is 0 Å². The van der Waals surface area contributed by atoms with Gasteiger partial charge in [0, 0.05) is 0 Å². The van der Waals surface area contributed by atoms with Crippen LogP contribution < -0.4 is 9.44 Å². The van der Waals surface area contributed by atoms with Crippen LogP contribution in [0.1, 0.15) is 10.5 Å². The summed E-state index contributed by atoms with van der Waals surface area (Å²) in [5, 5.41) is 0. The van der Waals surface area contributed by atoms with E-state index in [1.54, 1.807) is 0 Å². The minimum Gasteiger partial charge on any atom is -0.339 e. The average molecular weight is 172 g/mol. The molecule has 7 heteroatoms. The van der Waals surface area contributed by atoms with E-state index in [2.05, 4.69) is 19.4 Å². The fourth-order valence-electron chi connectivity index (χ4n) is 0.793. The average Bonchev–Trinajstić information content (AvgIpc) is 2.34. The first-order valence-electron chi connectivity index (χ1n) is 2.80. The van der Waals surface area contributed by atoms with Gasteiger partial charge in [-0.05, 0) is 0 Å². The molecule has 1 aromatic heterocycles. The molecule has 1 unspecified atom stereocenters. The summed E-state index contributed by atoms with van der Waals surface area (Å²) in [4.78, 5) is 17.3. The smallest absolute Gasteiger partial charge is 0.284 e. The van der Waals surface area contributed by atoms with Crippen LogP contribution in [0.4, 0.5) is 5.82 Å². The summed E-state index contributed by atoms with van der Waals surface area (Å²) < 4.78 is 15.4. The van der Waals surface area contributed by atoms with Crippen molar-refractivity contribution in [3.63, 3.8) is 0 Å². The topological polar surface area (TPSA) is 86.9 Å². The third-order valence-electron chi connectivity index (χ3n) is 1.24. The molecular formula is C4H4N4O2S. The van der Waals surface area contributed by atoms with Gasteiger partial charge in [-0.2, -0.15) is 0 Å². The Bertz CT molecular complexity index is 333. The lowest BCUT2D eigenvalue weighted by Gasteiger charge is -2.10. The zero-order chi connectivity index (χ0) is 7.84. The number of aromatic nitrogens is 2. The maximum atomic E-state index is 10.9. The maximum Gasteiger partial charge on any atom is 0.284 e. The molecule has 1 aliphatic rings. The Morgan fingerprint density at radius 1 is 1.45 bits per heavy atom. The summed E-state index contributed by atoms with van der Waals surface area (Å²) >= 11 is -1.54. The molecule has 1 aliphatic heterocycles. The Kier molecular flexibility index (Phi) is 1.19. The first kappa shape index (κ1) is 6.35. The van der Waals surface area contributed by atoms with Gasteiger partial charge >= 0.3 is 0 Å². The van der Waals surface area contributed by atoms with Gasteiger partial charge in [-0.3, -0.25) is 14.2 Å². The molecule has 3 N–H and O–H groups in total. The maximum absolute atomic E-state index is 10.9. The molecule has 0 saturated heterocycles. The highest BCUT2D eigenvalue weighted by Gasteiger charge is 2.22. The summed E-state index contributed by atoms with van der Waals surface area (Å²) in [5.41, 5.74) is 0.310. The SMILES string of the molecule is O=C1NS(=O)Nc2nc[nH]c21. The van der Waals surface area contributed by atoms with Crippen molar-refractivity contribution >= 4 is 22.9 Å². The molecule has 58 valence electrons. The molecule has 0 aliphatic carbocycles. The van der Waals surface area contributed by atoms with Gasteiger partial charge in [-0.15, -0.1) is 0 Å². The number of carbonyl (C=O) groups excluding carboxylic acids is 1. The van der Waals surface area contributed by atoms with Crippen molar-refractivity contribution in [3.8, 4) is 0 Å². The van der Waals surface area contributed by atoms with Crippen molar-refractivity contribution in [2.24, 2.45) is 0 Å². The van der Waals surface area contributed by atoms with Crippen molar-refractivity contribution in [2.75, 3.05) is 4.72 Å². The molecule has 1 atom stereocenters. The van der Waals surface area contributed by atoms with Crippen LogP contribution in [-0.4, -0.2) is 20.1 Å². The molecule has 0 radical (unpaired) electrons. The van der Waals surface area contributed by atoms with Crippen LogP contribution in [0.3, 0.4) is 0 Å². The predicted molar refractivity (Wildman–Crippen MR) is 37.8 cm³/mol. The summed E-state index contributed by atoms with van der Waals surface area (Å²) in [6.45, 7) is 0. The zero-order valence-electron chi connectivity index (χ0n) is 5.25. The lowest BCUT2D eigenvalue weighted by atomic mass is 10.4. The van der Waals surface area contributed by atoms with E-state index in [1.807, 2.05) is 0 Å². The first-order chi connectivity index (χ1) is 5.27. The van der Waals surface area contributed by atoms with Crippen LogP contribution in [0.25, 0.3) is 0 Å². The highest BCUT2D eigenvalue weighted by Crippen LogP contribution is 2.12. The number of aromatic amines is 1. The number of amides is 1. The number of fused-ring (bicyclic) bond motifs is 1. The Morgan fingerprint density at radius 2 is 2.27 bits per heavy atom. The van der Waals surface area contributed by atoms with Crippen LogP contribution in [0, 0.1) is 0 Å². The molecule has 0 bridgehead atoms. The number of hydrogen-bond donors (Lipinski definition) is 3. The molecule has 11 heavy (non-hydrogen) atoms. The van der Waals surface area contributed by atoms with Gasteiger partial charge in [-0.25, -0.2) is 9.19 Å². The van der Waals surface area contributed by atoms with E-state index in [1.165, 1.54) is 6.33 Å². The Balaban J connectivity index is 2.52. The quantitative estimate of drug-likeness (QED) is 0.476. The third-order valence-corrected chi connectivity index (χ3v) is 1.99. The van der Waals surface area contributed by atoms with Crippen molar-refractivity contribution in [1.29, 1.82) is 0 Å². The fourth-order valence-corrected chi connectivity index (χ4v) is 1.45. The third kappa shape index (κ3) is 0.891. The van der Waals surface area contributed by atoms with Gasteiger partial charge in [-0.1, -0.05) is 0 Å². The van der Waals surface area contributed by atoms with Crippen molar-refractivity contribution < 1.29 is 9.00 Å². The van der Waals surface area contributed by atoms with E-state index in [-0.39, 0.29) is 0 Å². The van der Waals surface area contributed by atoms with E-state index >= 15 is 0 Å². The second-order valence-electron chi connectivity index (χ2n) is 1.93. The van der Waals surface area contributed by atoms with Gasteiger partial charge in [0.15, 0.2) is 5.82 Å². The van der Waals surface area contributed by atoms with Crippen LogP contribution in [-0.2, 0) is 11.2 Å². The molecule has 1 aromatic rings. The van der Waals surface area contributed by atoms with Gasteiger partial charge < -0.3 is 4.98 Å². The molecule has 2 heterocycles. The van der Waals surface area contributed by atoms with E-state index in [4.69, 9.17) is 0 Å². The minimum atomic E-state index is -1.54. The highest BCUT2D eigenvalue weighted by molar-refractivity contribution is 7.85. The molecule has 1 amide bonds. The van der Waals surface area contributed by atoms with Crippen molar-refractivity contribution in [3.05, 3.63) is 12.0 Å². The van der Waals surface area contributed by atoms with Gasteiger partial charge in [0.1, 0.15) is 5.69 Å². The number of nitrogens with one attached hydrogen (secondary N) is 3. The number of nitrogens with zero attached hydrogens (tertiary/aromatic N) is 1. The monoisotopic (exact) mass is 172 g/mol. The number of rotatable bonds is 0. The second-order valence-corrected chi connectivity index (χ2v) is 2.87. The molecule has 2 rings (SSSR count). The minimum absolute atomic E-state index is 0.310. The standard InChI is InChI=1S/C4H4N4O2S/c9-4-2-3(6-1-5-2)7-11(10)8-4/h1,7H,(H,5,6)(H,8,9). The molecule has 0 spiro atoms. The van der Waals surface area contributed by atoms with Crippen LogP contribution >= 0.6 is 0 Å². The molecule has 6 nitrogen and oxygen atoms in total. The van der Waals surface area contributed by atoms with Crippen molar-refractivity contribution in [2.45, 2.75) is 0 Å². The molecule has 0 saturated carbocycles. The molecule has 0 aromatic carbocycles. The van der Waals surface area contributed by atoms with E-state index in [0.29, 0.717) is 11.5 Å². The van der Waals surface area contributed by atoms with Gasteiger partial charge in [0.05, 0.1) is 6.33 Å². The normalized spacial score (nSPS) is 21.8. The largest absolute Gasteiger partial charge is 0.339 e. The van der Waals surface area contributed by atoms with E-state index in [0.717, 1.165) is 0 Å². The highest BCUT2D eigenvalue weighted by atomic mass is 32.2. The first-order valence-corrected chi connectivity index (χ1v) is 3.95. The van der Waals surface area contributed by atoms with E-state index < -0.39 is 17.1 Å². The number of carbonyl (C=O) groups is 1. The van der Waals surface area contributed by atoms with E-state index in [9.17, 15) is 9.00 Å². The lowest BCUT2D eigenvalue weighted by Crippen LogP contribution is -2.35. The van der Waals surface area contributed by atoms with Gasteiger partial charge in [0.25, 0.3) is 5.91 Å². The Morgan fingerprint density at radius 3 is 3.09 bits per heavy atom. The predicted octanol–water partition coefficient (Wildman–Crippen LogP) is -0.856. The summed E-state index contributed by atoms with van der Waals surface area (Å²) in [6.07, 6.45) is 1.36. The summed E-state index contributed by atoms with van der Waals surface area (Å²) in [6, 6.07) is 0. The Hall–Kier alpha value is -1.37. The van der Waals surface area contributed by atoms with Gasteiger partial charge in [0.2, 0.25) is 11.2 Å². The number of H-pyrrole nitrogens is 1. The van der Waals surface area contributed by atoms with Crippen LogP contribution in [0.15, 0.2) is 6.33 Å². The summed E-state index contributed by atoms with van der Waals surface area (Å²) in [7, 11) is 0. The number of anilines is 1. The molecule has 0 fully saturated rings. The fraction of sp³-hybridized carbons (Fsp3) is 0. The summed E-state index contributed by atoms with van der Waals surface area (Å²) in [5.74, 6) is -0.0818. The lowest BCUT2D eigenvalue weighted by molar-refractivity contribution is 0.0978. The zero-order valence-corrected chi connectivity index (χ0v) is 6.07. The molecular weight excluding hydrogens is 168 g/mol. The number of imidazole rings is 1. The van der Waals surface area contributed by atoms with Crippen molar-refractivity contribution in [1.82, 2.24) is 14.7 Å².